The molecule has 12 nitrogen and oxygen atoms in total. The third kappa shape index (κ3) is 22.4. The van der Waals surface area contributed by atoms with Crippen LogP contribution in [0, 0.1) is 0 Å². The highest BCUT2D eigenvalue weighted by atomic mass is 16.7. The molecule has 0 bridgehead atoms. The minimum absolute atomic E-state index is 0.0967. The molecule has 1 aliphatic heterocycles. The lowest BCUT2D eigenvalue weighted by atomic mass is 9.98. The maximum absolute atomic E-state index is 12.9. The fraction of sp³-hybridized carbons (Fsp3) is 0.949. The minimum Gasteiger partial charge on any atom is -0.394 e. The Hall–Kier alpha value is -1.38. The van der Waals surface area contributed by atoms with E-state index in [2.05, 4.69) is 17.6 Å². The first-order valence-corrected chi connectivity index (χ1v) is 20.5. The lowest BCUT2D eigenvalue weighted by Crippen LogP contribution is -2.60. The van der Waals surface area contributed by atoms with Crippen LogP contribution in [0.4, 0.5) is 0 Å². The summed E-state index contributed by atoms with van der Waals surface area (Å²) in [5, 5.41) is 67.7. The topological polar surface area (TPSA) is 198 Å². The van der Waals surface area contributed by atoms with Crippen molar-refractivity contribution in [2.45, 2.75) is 217 Å². The molecule has 0 aromatic carbocycles. The maximum atomic E-state index is 12.9. The summed E-state index contributed by atoms with van der Waals surface area (Å²) in [6.07, 6.45) is 14.8. The highest BCUT2D eigenvalue weighted by Gasteiger charge is 2.44. The van der Waals surface area contributed by atoms with E-state index in [1.54, 1.807) is 0 Å². The molecule has 0 saturated carbocycles. The number of nitrogens with one attached hydrogen (secondary N) is 2. The fourth-order valence-electron chi connectivity index (χ4n) is 6.54. The summed E-state index contributed by atoms with van der Waals surface area (Å²) in [5.41, 5.74) is 0. The van der Waals surface area contributed by atoms with Crippen molar-refractivity contribution in [1.82, 2.24) is 10.6 Å². The van der Waals surface area contributed by atoms with Crippen LogP contribution in [0.25, 0.3) is 0 Å². The zero-order valence-corrected chi connectivity index (χ0v) is 32.0. The smallest absolute Gasteiger partial charge is 0.220 e. The maximum Gasteiger partial charge on any atom is 0.220 e. The van der Waals surface area contributed by atoms with Gasteiger partial charge in [0.2, 0.25) is 11.8 Å². The van der Waals surface area contributed by atoms with Gasteiger partial charge in [0.25, 0.3) is 0 Å². The zero-order chi connectivity index (χ0) is 37.7. The number of carbonyl (C=O) groups is 2. The second-order valence-electron chi connectivity index (χ2n) is 14.6. The van der Waals surface area contributed by atoms with Gasteiger partial charge in [0, 0.05) is 19.4 Å². The standard InChI is InChI=1S/C39H76N2O10/c1-3-5-6-7-8-9-10-11-13-16-19-22-25-31(43)35(46)30(29-50-39-38(49)37(48)36(47)32(28-42)51-39)41-34(45)26-23-20-17-14-12-15-18-21-24-27-40-33(44)4-2/h30-32,35-39,42-43,46-49H,3-29H2,1-2H3,(H,40,44)(H,41,45)/t30-,31+,32?,35-,36-,37-,38?,39-/m0/s1. The van der Waals surface area contributed by atoms with Crippen LogP contribution in [-0.2, 0) is 19.1 Å². The molecule has 2 amide bonds. The van der Waals surface area contributed by atoms with Crippen molar-refractivity contribution in [3.63, 3.8) is 0 Å². The Kier molecular flexibility index (Phi) is 29.0. The van der Waals surface area contributed by atoms with Crippen LogP contribution in [-0.4, -0.2) is 111 Å². The molecule has 1 rings (SSSR count). The van der Waals surface area contributed by atoms with Gasteiger partial charge in [-0.15, -0.1) is 0 Å². The summed E-state index contributed by atoms with van der Waals surface area (Å²) < 4.78 is 11.1. The molecule has 0 aliphatic carbocycles. The van der Waals surface area contributed by atoms with E-state index >= 15 is 0 Å². The largest absolute Gasteiger partial charge is 0.394 e. The van der Waals surface area contributed by atoms with Gasteiger partial charge in [-0.1, -0.05) is 136 Å². The minimum atomic E-state index is -1.62. The van der Waals surface area contributed by atoms with Gasteiger partial charge >= 0.3 is 0 Å². The average molecular weight is 733 g/mol. The number of carbonyl (C=O) groups excluding carboxylic acids is 2. The number of ether oxygens (including phenoxy) is 2. The number of aliphatic hydroxyl groups excluding tert-OH is 6. The molecule has 1 fully saturated rings. The first kappa shape index (κ1) is 47.6. The molecule has 0 aromatic rings. The first-order chi connectivity index (χ1) is 24.7. The Bertz CT molecular complexity index is 851. The third-order valence-corrected chi connectivity index (χ3v) is 10.0. The first-order valence-electron chi connectivity index (χ1n) is 20.5. The summed E-state index contributed by atoms with van der Waals surface area (Å²) in [5.74, 6) is -0.191. The Morgan fingerprint density at radius 2 is 1.18 bits per heavy atom. The van der Waals surface area contributed by atoms with Gasteiger partial charge in [-0.05, 0) is 19.3 Å². The normalized spacial score (nSPS) is 22.4. The van der Waals surface area contributed by atoms with Crippen LogP contribution in [0.2, 0.25) is 0 Å². The number of aliphatic hydroxyl groups is 6. The molecule has 0 aromatic heterocycles. The van der Waals surface area contributed by atoms with Crippen molar-refractivity contribution in [3.05, 3.63) is 0 Å². The van der Waals surface area contributed by atoms with Crippen molar-refractivity contribution >= 4 is 11.8 Å². The monoisotopic (exact) mass is 733 g/mol. The van der Waals surface area contributed by atoms with E-state index in [4.69, 9.17) is 9.47 Å². The SMILES string of the molecule is CCCCCCCCCCCCCC[C@@H](O)[C@@H](O)[C@H](CO[C@H]1OC(CO)[C@H](O)[C@H](O)C1O)NC(=O)CCCCCCCCCCCNC(=O)CC. The number of rotatable bonds is 33. The van der Waals surface area contributed by atoms with Gasteiger partial charge in [-0.25, -0.2) is 0 Å². The van der Waals surface area contributed by atoms with Gasteiger partial charge in [0.05, 0.1) is 25.4 Å². The molecule has 0 spiro atoms. The third-order valence-electron chi connectivity index (χ3n) is 10.0. The summed E-state index contributed by atoms with van der Waals surface area (Å²) in [6.45, 7) is 3.89. The second kappa shape index (κ2) is 31.0. The van der Waals surface area contributed by atoms with Gasteiger partial charge in [-0.2, -0.15) is 0 Å². The van der Waals surface area contributed by atoms with Crippen LogP contribution >= 0.6 is 0 Å². The molecule has 2 unspecified atom stereocenters. The predicted molar refractivity (Wildman–Crippen MR) is 199 cm³/mol. The van der Waals surface area contributed by atoms with E-state index in [1.807, 2.05) is 6.92 Å². The van der Waals surface area contributed by atoms with E-state index in [0.29, 0.717) is 19.3 Å². The lowest BCUT2D eigenvalue weighted by molar-refractivity contribution is -0.303. The number of hydrogen-bond donors (Lipinski definition) is 8. The molecule has 0 radical (unpaired) electrons. The van der Waals surface area contributed by atoms with Crippen LogP contribution in [0.15, 0.2) is 0 Å². The lowest BCUT2D eigenvalue weighted by Gasteiger charge is -2.40. The predicted octanol–water partition coefficient (Wildman–Crippen LogP) is 4.53. The molecule has 1 heterocycles. The molecule has 8 N–H and O–H groups in total. The summed E-state index contributed by atoms with van der Waals surface area (Å²) in [7, 11) is 0. The Morgan fingerprint density at radius 1 is 0.667 bits per heavy atom. The quantitative estimate of drug-likeness (QED) is 0.0444. The van der Waals surface area contributed by atoms with E-state index in [0.717, 1.165) is 83.6 Å². The molecule has 302 valence electrons. The summed E-state index contributed by atoms with van der Waals surface area (Å²) in [4.78, 5) is 24.2. The van der Waals surface area contributed by atoms with Gasteiger partial charge < -0.3 is 50.7 Å². The van der Waals surface area contributed by atoms with Crippen molar-refractivity contribution in [3.8, 4) is 0 Å². The molecular weight excluding hydrogens is 656 g/mol. The number of amides is 2. The summed E-state index contributed by atoms with van der Waals surface area (Å²) >= 11 is 0. The van der Waals surface area contributed by atoms with Crippen molar-refractivity contribution in [1.29, 1.82) is 0 Å². The number of unbranched alkanes of at least 4 members (excludes halogenated alkanes) is 19. The fourth-order valence-corrected chi connectivity index (χ4v) is 6.54. The number of hydrogen-bond acceptors (Lipinski definition) is 10. The molecule has 1 aliphatic rings. The average Bonchev–Trinajstić information content (AvgIpc) is 3.13. The van der Waals surface area contributed by atoms with Crippen LogP contribution in [0.1, 0.15) is 168 Å². The van der Waals surface area contributed by atoms with E-state index in [-0.39, 0.29) is 24.8 Å². The Labute approximate surface area is 308 Å². The van der Waals surface area contributed by atoms with Gasteiger partial charge in [0.15, 0.2) is 6.29 Å². The molecule has 1 saturated heterocycles. The van der Waals surface area contributed by atoms with Gasteiger partial charge in [-0.3, -0.25) is 9.59 Å². The molecular formula is C39H76N2O10. The van der Waals surface area contributed by atoms with Crippen molar-refractivity contribution < 1.29 is 49.7 Å². The molecule has 51 heavy (non-hydrogen) atoms. The highest BCUT2D eigenvalue weighted by molar-refractivity contribution is 5.76. The summed E-state index contributed by atoms with van der Waals surface area (Å²) in [6, 6.07) is -1.01. The van der Waals surface area contributed by atoms with E-state index < -0.39 is 55.6 Å². The highest BCUT2D eigenvalue weighted by Crippen LogP contribution is 2.23. The van der Waals surface area contributed by atoms with Crippen LogP contribution < -0.4 is 10.6 Å². The second-order valence-corrected chi connectivity index (χ2v) is 14.6. The van der Waals surface area contributed by atoms with Crippen molar-refractivity contribution in [2.24, 2.45) is 0 Å². The zero-order valence-electron chi connectivity index (χ0n) is 32.0. The molecule has 8 atom stereocenters. The van der Waals surface area contributed by atoms with E-state index in [1.165, 1.54) is 51.4 Å². The van der Waals surface area contributed by atoms with Crippen LogP contribution in [0.5, 0.6) is 0 Å². The van der Waals surface area contributed by atoms with E-state index in [9.17, 15) is 40.2 Å². The molecule has 12 heteroatoms. The Morgan fingerprint density at radius 3 is 1.71 bits per heavy atom. The van der Waals surface area contributed by atoms with Gasteiger partial charge in [0.1, 0.15) is 30.5 Å². The Balaban J connectivity index is 2.45. The van der Waals surface area contributed by atoms with Crippen molar-refractivity contribution in [2.75, 3.05) is 19.8 Å². The van der Waals surface area contributed by atoms with Crippen LogP contribution in [0.3, 0.4) is 0 Å².